The van der Waals surface area contributed by atoms with E-state index < -0.39 is 17.7 Å². The van der Waals surface area contributed by atoms with E-state index in [1.165, 1.54) is 32.1 Å². The summed E-state index contributed by atoms with van der Waals surface area (Å²) < 4.78 is 6.12. The fourth-order valence-corrected chi connectivity index (χ4v) is 3.93. The lowest BCUT2D eigenvalue weighted by molar-refractivity contribution is 0.0497. The molecule has 3 N–H and O–H groups in total. The van der Waals surface area contributed by atoms with Gasteiger partial charge in [0.2, 0.25) is 0 Å². The second-order valence-electron chi connectivity index (χ2n) is 8.46. The minimum absolute atomic E-state index is 0.136. The Balaban J connectivity index is 2.06. The van der Waals surface area contributed by atoms with E-state index in [-0.39, 0.29) is 11.6 Å². The molecule has 1 aromatic carbocycles. The maximum atomic E-state index is 12.3. The van der Waals surface area contributed by atoms with E-state index in [1.807, 2.05) is 20.8 Å². The normalized spacial score (nSPS) is 16.3. The topological polar surface area (TPSA) is 87.7 Å². The van der Waals surface area contributed by atoms with Crippen molar-refractivity contribution in [3.8, 4) is 0 Å². The fraction of sp³-hybridized carbons (Fsp3) is 0.619. The number of alkyl carbamates (subject to hydrolysis) is 1. The molecule has 0 aliphatic heterocycles. The zero-order valence-electron chi connectivity index (χ0n) is 16.9. The van der Waals surface area contributed by atoms with E-state index in [2.05, 4.69) is 26.6 Å². The third kappa shape index (κ3) is 7.70. The van der Waals surface area contributed by atoms with Gasteiger partial charge in [-0.2, -0.15) is 0 Å². The third-order valence-electron chi connectivity index (χ3n) is 4.81. The van der Waals surface area contributed by atoms with Gasteiger partial charge in [0, 0.05) is 22.7 Å². The number of carbonyl (C=O) groups is 2. The molecule has 1 aromatic rings. The molecule has 0 heterocycles. The highest BCUT2D eigenvalue weighted by molar-refractivity contribution is 9.10. The molecule has 0 radical (unpaired) electrons. The standard InChI is InChI=1S/C21H31BrN2O4/c1-21(2,3)28-20(27)24-16(11-14-7-5-4-6-8-14)13-23-18-10-9-15(22)12-17(18)19(25)26/h9-10,12,14,16,23H,4-8,11,13H2,1-3H3,(H,24,27)(H,25,26)/t16-/m1/s1. The lowest BCUT2D eigenvalue weighted by Crippen LogP contribution is -2.43. The molecule has 0 aromatic heterocycles. The Kier molecular flexibility index (Phi) is 8.16. The van der Waals surface area contributed by atoms with Crippen LogP contribution in [0.1, 0.15) is 69.7 Å². The van der Waals surface area contributed by atoms with Crippen molar-refractivity contribution in [2.24, 2.45) is 5.92 Å². The van der Waals surface area contributed by atoms with Gasteiger partial charge in [-0.25, -0.2) is 9.59 Å². The van der Waals surface area contributed by atoms with Gasteiger partial charge in [0.15, 0.2) is 0 Å². The van der Waals surface area contributed by atoms with Crippen molar-refractivity contribution in [3.63, 3.8) is 0 Å². The molecule has 0 bridgehead atoms. The Morgan fingerprint density at radius 1 is 1.25 bits per heavy atom. The number of rotatable bonds is 7. The molecule has 1 amide bonds. The quantitative estimate of drug-likeness (QED) is 0.511. The van der Waals surface area contributed by atoms with Crippen molar-refractivity contribution in [1.82, 2.24) is 5.32 Å². The molecule has 1 aliphatic rings. The van der Waals surface area contributed by atoms with Gasteiger partial charge in [0.05, 0.1) is 5.56 Å². The molecule has 0 spiro atoms. The smallest absolute Gasteiger partial charge is 0.407 e. The molecule has 1 saturated carbocycles. The third-order valence-corrected chi connectivity index (χ3v) is 5.31. The highest BCUT2D eigenvalue weighted by Gasteiger charge is 2.24. The molecule has 7 heteroatoms. The van der Waals surface area contributed by atoms with Gasteiger partial charge in [-0.05, 0) is 51.3 Å². The number of hydrogen-bond acceptors (Lipinski definition) is 4. The molecule has 2 rings (SSSR count). The van der Waals surface area contributed by atoms with Gasteiger partial charge in [-0.15, -0.1) is 0 Å². The fourth-order valence-electron chi connectivity index (χ4n) is 3.57. The van der Waals surface area contributed by atoms with Gasteiger partial charge >= 0.3 is 12.1 Å². The number of amides is 1. The van der Waals surface area contributed by atoms with Crippen molar-refractivity contribution < 1.29 is 19.4 Å². The highest BCUT2D eigenvalue weighted by atomic mass is 79.9. The first-order valence-electron chi connectivity index (χ1n) is 9.90. The lowest BCUT2D eigenvalue weighted by atomic mass is 9.85. The molecule has 156 valence electrons. The van der Waals surface area contributed by atoms with Gasteiger partial charge in [-0.3, -0.25) is 0 Å². The van der Waals surface area contributed by atoms with E-state index in [9.17, 15) is 14.7 Å². The maximum Gasteiger partial charge on any atom is 0.407 e. The number of nitrogens with one attached hydrogen (secondary N) is 2. The zero-order chi connectivity index (χ0) is 20.7. The predicted octanol–water partition coefficient (Wildman–Crippen LogP) is 5.42. The van der Waals surface area contributed by atoms with Gasteiger partial charge in [-0.1, -0.05) is 48.0 Å². The van der Waals surface area contributed by atoms with E-state index in [0.717, 1.165) is 6.42 Å². The maximum absolute atomic E-state index is 12.3. The van der Waals surface area contributed by atoms with Crippen molar-refractivity contribution in [2.75, 3.05) is 11.9 Å². The van der Waals surface area contributed by atoms with E-state index in [0.29, 0.717) is 22.6 Å². The first kappa shape index (κ1) is 22.5. The van der Waals surface area contributed by atoms with E-state index in [4.69, 9.17) is 4.74 Å². The number of halogens is 1. The number of ether oxygens (including phenoxy) is 1. The van der Waals surface area contributed by atoms with Crippen molar-refractivity contribution in [1.29, 1.82) is 0 Å². The summed E-state index contributed by atoms with van der Waals surface area (Å²) in [5.74, 6) is -0.424. The van der Waals surface area contributed by atoms with Crippen LogP contribution in [-0.2, 0) is 4.74 Å². The monoisotopic (exact) mass is 454 g/mol. The van der Waals surface area contributed by atoms with Crippen LogP contribution in [0.15, 0.2) is 22.7 Å². The van der Waals surface area contributed by atoms with Crippen LogP contribution in [0.3, 0.4) is 0 Å². The molecule has 1 aliphatic carbocycles. The Bertz CT molecular complexity index is 681. The highest BCUT2D eigenvalue weighted by Crippen LogP contribution is 2.28. The summed E-state index contributed by atoms with van der Waals surface area (Å²) in [6.45, 7) is 5.95. The number of benzene rings is 1. The van der Waals surface area contributed by atoms with Crippen LogP contribution in [0.2, 0.25) is 0 Å². The van der Waals surface area contributed by atoms with Crippen LogP contribution in [0.25, 0.3) is 0 Å². The molecule has 28 heavy (non-hydrogen) atoms. The van der Waals surface area contributed by atoms with Crippen molar-refractivity contribution in [2.45, 2.75) is 70.9 Å². The van der Waals surface area contributed by atoms with E-state index in [1.54, 1.807) is 18.2 Å². The molecule has 0 saturated heterocycles. The molecule has 1 fully saturated rings. The van der Waals surface area contributed by atoms with Crippen LogP contribution >= 0.6 is 15.9 Å². The Labute approximate surface area is 175 Å². The number of hydrogen-bond donors (Lipinski definition) is 3. The first-order valence-corrected chi connectivity index (χ1v) is 10.7. The second-order valence-corrected chi connectivity index (χ2v) is 9.37. The lowest BCUT2D eigenvalue weighted by Gasteiger charge is -2.29. The van der Waals surface area contributed by atoms with Crippen LogP contribution in [0, 0.1) is 5.92 Å². The first-order chi connectivity index (χ1) is 13.1. The summed E-state index contributed by atoms with van der Waals surface area (Å²) in [4.78, 5) is 23.8. The summed E-state index contributed by atoms with van der Waals surface area (Å²) in [6.07, 6.45) is 6.49. The number of anilines is 1. The predicted molar refractivity (Wildman–Crippen MR) is 114 cm³/mol. The Morgan fingerprint density at radius 3 is 2.54 bits per heavy atom. The van der Waals surface area contributed by atoms with E-state index >= 15 is 0 Å². The Hall–Kier alpha value is -1.76. The molecule has 0 unspecified atom stereocenters. The second kappa shape index (κ2) is 10.1. The van der Waals surface area contributed by atoms with Crippen LogP contribution in [0.4, 0.5) is 10.5 Å². The minimum Gasteiger partial charge on any atom is -0.478 e. The van der Waals surface area contributed by atoms with Gasteiger partial charge in [0.25, 0.3) is 0 Å². The Morgan fingerprint density at radius 2 is 1.93 bits per heavy atom. The minimum atomic E-state index is -0.993. The average molecular weight is 455 g/mol. The molecule has 1 atom stereocenters. The summed E-state index contributed by atoms with van der Waals surface area (Å²) in [5.41, 5.74) is 0.174. The molecular formula is C21H31BrN2O4. The number of carboxylic acid groups (broad SMARTS) is 1. The van der Waals surface area contributed by atoms with Crippen LogP contribution < -0.4 is 10.6 Å². The molecular weight excluding hydrogens is 424 g/mol. The number of carbonyl (C=O) groups excluding carboxylic acids is 1. The van der Waals surface area contributed by atoms with Crippen LogP contribution in [0.5, 0.6) is 0 Å². The summed E-state index contributed by atoms with van der Waals surface area (Å²) in [6, 6.07) is 4.97. The van der Waals surface area contributed by atoms with Gasteiger partial charge in [0.1, 0.15) is 5.60 Å². The van der Waals surface area contributed by atoms with Gasteiger partial charge < -0.3 is 20.5 Å². The van der Waals surface area contributed by atoms with Crippen molar-refractivity contribution >= 4 is 33.7 Å². The summed E-state index contributed by atoms with van der Waals surface area (Å²) >= 11 is 3.31. The number of carboxylic acids is 1. The molecule has 6 nitrogen and oxygen atoms in total. The summed E-state index contributed by atoms with van der Waals surface area (Å²) in [7, 11) is 0. The van der Waals surface area contributed by atoms with Crippen molar-refractivity contribution in [3.05, 3.63) is 28.2 Å². The summed E-state index contributed by atoms with van der Waals surface area (Å²) in [5, 5.41) is 15.6. The largest absolute Gasteiger partial charge is 0.478 e. The zero-order valence-corrected chi connectivity index (χ0v) is 18.5. The SMILES string of the molecule is CC(C)(C)OC(=O)N[C@@H](CNc1ccc(Br)cc1C(=O)O)CC1CCCCC1. The average Bonchev–Trinajstić information content (AvgIpc) is 2.59. The number of aromatic carboxylic acids is 1. The van der Waals surface area contributed by atoms with Crippen LogP contribution in [-0.4, -0.2) is 35.4 Å².